The highest BCUT2D eigenvalue weighted by atomic mass is 16.5. The molecule has 3 rings (SSSR count). The molecule has 1 aromatic carbocycles. The predicted molar refractivity (Wildman–Crippen MR) is 92.1 cm³/mol. The van der Waals surface area contributed by atoms with Crippen molar-refractivity contribution in [3.05, 3.63) is 24.3 Å². The van der Waals surface area contributed by atoms with E-state index in [-0.39, 0.29) is 25.5 Å². The summed E-state index contributed by atoms with van der Waals surface area (Å²) in [6.07, 6.45) is 1.64. The number of carbonyl (C=O) groups is 3. The summed E-state index contributed by atoms with van der Waals surface area (Å²) in [4.78, 5) is 36.8. The molecule has 2 aliphatic rings. The van der Waals surface area contributed by atoms with Crippen LogP contribution in [0.2, 0.25) is 0 Å². The van der Waals surface area contributed by atoms with Gasteiger partial charge in [-0.05, 0) is 25.0 Å². The number of ether oxygens (including phenoxy) is 2. The van der Waals surface area contributed by atoms with Crippen molar-refractivity contribution in [1.29, 1.82) is 0 Å². The molecular weight excluding hydrogens is 340 g/mol. The first-order valence-corrected chi connectivity index (χ1v) is 8.61. The Balaban J connectivity index is 1.57. The first-order valence-electron chi connectivity index (χ1n) is 8.61. The lowest BCUT2D eigenvalue weighted by Crippen LogP contribution is -2.51. The third-order valence-corrected chi connectivity index (χ3v) is 4.57. The van der Waals surface area contributed by atoms with Crippen LogP contribution in [0, 0.1) is 0 Å². The van der Waals surface area contributed by atoms with E-state index in [4.69, 9.17) is 14.6 Å². The Labute approximate surface area is 151 Å². The van der Waals surface area contributed by atoms with Gasteiger partial charge in [0.2, 0.25) is 5.91 Å². The van der Waals surface area contributed by atoms with Gasteiger partial charge >= 0.3 is 5.97 Å². The number of nitrogens with zero attached hydrogens (tertiary/aromatic N) is 1. The second-order valence-electron chi connectivity index (χ2n) is 6.64. The summed E-state index contributed by atoms with van der Waals surface area (Å²) in [5, 5.41) is 11.8. The molecule has 0 saturated carbocycles. The second kappa shape index (κ2) is 7.74. The smallest absolute Gasteiger partial charge is 0.305 e. The monoisotopic (exact) mass is 362 g/mol. The fraction of sp³-hybridized carbons (Fsp3) is 0.500. The van der Waals surface area contributed by atoms with Crippen molar-refractivity contribution in [2.24, 2.45) is 0 Å². The maximum atomic E-state index is 12.2. The van der Waals surface area contributed by atoms with Gasteiger partial charge in [-0.2, -0.15) is 0 Å². The van der Waals surface area contributed by atoms with Crippen LogP contribution < -0.4 is 15.0 Å². The largest absolute Gasteiger partial charge is 0.484 e. The molecule has 2 N–H and O–H groups in total. The third kappa shape index (κ3) is 4.32. The number of anilines is 1. The summed E-state index contributed by atoms with van der Waals surface area (Å²) in [5.74, 6) is -0.830. The van der Waals surface area contributed by atoms with Crippen LogP contribution in [0.3, 0.4) is 0 Å². The quantitative estimate of drug-likeness (QED) is 0.748. The average Bonchev–Trinajstić information content (AvgIpc) is 3.22. The van der Waals surface area contributed by atoms with Crippen molar-refractivity contribution >= 4 is 23.5 Å². The number of nitrogens with one attached hydrogen (secondary N) is 1. The molecule has 0 aromatic heterocycles. The number of hydrogen-bond donors (Lipinski definition) is 2. The molecule has 2 aliphatic heterocycles. The minimum Gasteiger partial charge on any atom is -0.484 e. The highest BCUT2D eigenvalue weighted by Gasteiger charge is 2.38. The van der Waals surface area contributed by atoms with Crippen LogP contribution in [-0.4, -0.2) is 54.8 Å². The maximum Gasteiger partial charge on any atom is 0.305 e. The molecule has 2 fully saturated rings. The molecule has 2 amide bonds. The molecule has 1 unspecified atom stereocenters. The van der Waals surface area contributed by atoms with Crippen LogP contribution in [-0.2, 0) is 19.1 Å². The van der Waals surface area contributed by atoms with Gasteiger partial charge in [-0.25, -0.2) is 0 Å². The third-order valence-electron chi connectivity index (χ3n) is 4.57. The molecular formula is C18H22N2O6. The Morgan fingerprint density at radius 1 is 1.38 bits per heavy atom. The number of carboxylic acid groups (broad SMARTS) is 1. The maximum absolute atomic E-state index is 12.2. The Morgan fingerprint density at radius 3 is 2.88 bits per heavy atom. The van der Waals surface area contributed by atoms with Gasteiger partial charge in [0.05, 0.1) is 18.6 Å². The first kappa shape index (κ1) is 18.2. The second-order valence-corrected chi connectivity index (χ2v) is 6.64. The standard InChI is InChI=1S/C18H22N2O6/c21-15(19-18(10-17(23)24)6-8-25-12-18)11-26-14-4-1-3-13(9-14)20-7-2-5-16(20)22/h1,3-4,9H,2,5-8,10-12H2,(H,19,21)(H,23,24). The Hall–Kier alpha value is -2.61. The summed E-state index contributed by atoms with van der Waals surface area (Å²) in [6, 6.07) is 7.03. The summed E-state index contributed by atoms with van der Waals surface area (Å²) in [7, 11) is 0. The van der Waals surface area contributed by atoms with Gasteiger partial charge in [0.25, 0.3) is 5.91 Å². The van der Waals surface area contributed by atoms with E-state index in [1.54, 1.807) is 23.1 Å². The van der Waals surface area contributed by atoms with E-state index in [0.717, 1.165) is 12.1 Å². The van der Waals surface area contributed by atoms with Gasteiger partial charge in [-0.3, -0.25) is 14.4 Å². The van der Waals surface area contributed by atoms with Gasteiger partial charge in [0.1, 0.15) is 5.75 Å². The van der Waals surface area contributed by atoms with Crippen molar-refractivity contribution < 1.29 is 29.0 Å². The minimum absolute atomic E-state index is 0.0803. The predicted octanol–water partition coefficient (Wildman–Crippen LogP) is 0.942. The zero-order chi connectivity index (χ0) is 18.6. The van der Waals surface area contributed by atoms with Crippen LogP contribution in [0.25, 0.3) is 0 Å². The number of aliphatic carboxylic acids is 1. The zero-order valence-electron chi connectivity index (χ0n) is 14.4. The number of carboxylic acids is 1. The number of carbonyl (C=O) groups excluding carboxylic acids is 2. The highest BCUT2D eigenvalue weighted by molar-refractivity contribution is 5.95. The number of amides is 2. The van der Waals surface area contributed by atoms with Crippen LogP contribution in [0.5, 0.6) is 5.75 Å². The topological polar surface area (TPSA) is 105 Å². The van der Waals surface area contributed by atoms with Gasteiger partial charge < -0.3 is 24.8 Å². The zero-order valence-corrected chi connectivity index (χ0v) is 14.4. The molecule has 2 saturated heterocycles. The molecule has 0 radical (unpaired) electrons. The number of hydrogen-bond acceptors (Lipinski definition) is 5. The molecule has 0 bridgehead atoms. The Morgan fingerprint density at radius 2 is 2.23 bits per heavy atom. The molecule has 1 atom stereocenters. The SMILES string of the molecule is O=C(O)CC1(NC(=O)COc2cccc(N3CCCC3=O)c2)CCOC1. The van der Waals surface area contributed by atoms with E-state index in [1.165, 1.54) is 0 Å². The number of benzene rings is 1. The fourth-order valence-electron chi connectivity index (χ4n) is 3.32. The molecule has 140 valence electrons. The molecule has 26 heavy (non-hydrogen) atoms. The van der Waals surface area contributed by atoms with Crippen molar-refractivity contribution in [3.63, 3.8) is 0 Å². The first-order chi connectivity index (χ1) is 12.5. The minimum atomic E-state index is -0.986. The summed E-state index contributed by atoms with van der Waals surface area (Å²) < 4.78 is 10.8. The van der Waals surface area contributed by atoms with Crippen LogP contribution in [0.15, 0.2) is 24.3 Å². The summed E-state index contributed by atoms with van der Waals surface area (Å²) in [6.45, 7) is 1.04. The van der Waals surface area contributed by atoms with E-state index in [0.29, 0.717) is 31.7 Å². The lowest BCUT2D eigenvalue weighted by Gasteiger charge is -2.27. The lowest BCUT2D eigenvalue weighted by molar-refractivity contribution is -0.139. The molecule has 2 heterocycles. The van der Waals surface area contributed by atoms with Crippen molar-refractivity contribution in [2.75, 3.05) is 31.3 Å². The van der Waals surface area contributed by atoms with Gasteiger partial charge in [0, 0.05) is 31.3 Å². The highest BCUT2D eigenvalue weighted by Crippen LogP contribution is 2.26. The van der Waals surface area contributed by atoms with Gasteiger partial charge in [-0.1, -0.05) is 6.07 Å². The van der Waals surface area contributed by atoms with E-state index in [1.807, 2.05) is 6.07 Å². The lowest BCUT2D eigenvalue weighted by atomic mass is 9.94. The Kier molecular flexibility index (Phi) is 5.41. The molecule has 0 spiro atoms. The Bertz CT molecular complexity index is 699. The van der Waals surface area contributed by atoms with Crippen molar-refractivity contribution in [2.45, 2.75) is 31.2 Å². The van der Waals surface area contributed by atoms with E-state index >= 15 is 0 Å². The number of rotatable bonds is 7. The average molecular weight is 362 g/mol. The van der Waals surface area contributed by atoms with Crippen LogP contribution >= 0.6 is 0 Å². The molecule has 8 heteroatoms. The van der Waals surface area contributed by atoms with Crippen molar-refractivity contribution in [3.8, 4) is 5.75 Å². The van der Waals surface area contributed by atoms with E-state index in [9.17, 15) is 14.4 Å². The van der Waals surface area contributed by atoms with Crippen LogP contribution in [0.1, 0.15) is 25.7 Å². The van der Waals surface area contributed by atoms with Gasteiger partial charge in [0.15, 0.2) is 6.61 Å². The molecule has 8 nitrogen and oxygen atoms in total. The molecule has 0 aliphatic carbocycles. The summed E-state index contributed by atoms with van der Waals surface area (Å²) >= 11 is 0. The van der Waals surface area contributed by atoms with Crippen molar-refractivity contribution in [1.82, 2.24) is 5.32 Å². The normalized spacial score (nSPS) is 22.5. The summed E-state index contributed by atoms with van der Waals surface area (Å²) in [5.41, 5.74) is -0.132. The van der Waals surface area contributed by atoms with E-state index in [2.05, 4.69) is 5.32 Å². The van der Waals surface area contributed by atoms with E-state index < -0.39 is 17.4 Å². The van der Waals surface area contributed by atoms with Crippen LogP contribution in [0.4, 0.5) is 5.69 Å². The van der Waals surface area contributed by atoms with Gasteiger partial charge in [-0.15, -0.1) is 0 Å². The fourth-order valence-corrected chi connectivity index (χ4v) is 3.32. The molecule has 1 aromatic rings.